The Bertz CT molecular complexity index is 814. The lowest BCUT2D eigenvalue weighted by molar-refractivity contribution is -0.111. The van der Waals surface area contributed by atoms with Gasteiger partial charge in [0.1, 0.15) is 0 Å². The van der Waals surface area contributed by atoms with Gasteiger partial charge in [-0.2, -0.15) is 0 Å². The molecule has 1 N–H and O–H groups in total. The van der Waals surface area contributed by atoms with Gasteiger partial charge in [-0.25, -0.2) is 0 Å². The molecule has 2 aromatic rings. The van der Waals surface area contributed by atoms with E-state index >= 15 is 0 Å². The molecule has 136 valence electrons. The fourth-order valence-electron chi connectivity index (χ4n) is 2.88. The van der Waals surface area contributed by atoms with Gasteiger partial charge in [-0.3, -0.25) is 4.79 Å². The van der Waals surface area contributed by atoms with Crippen molar-refractivity contribution in [3.05, 3.63) is 64.1 Å². The molecule has 0 radical (unpaired) electrons. The lowest BCUT2D eigenvalue weighted by Crippen LogP contribution is -2.44. The summed E-state index contributed by atoms with van der Waals surface area (Å²) in [6, 6.07) is 13.0. The highest BCUT2D eigenvalue weighted by Gasteiger charge is 2.17. The first-order chi connectivity index (χ1) is 12.5. The van der Waals surface area contributed by atoms with E-state index < -0.39 is 0 Å². The number of carbonyl (C=O) groups is 1. The van der Waals surface area contributed by atoms with Crippen LogP contribution in [-0.4, -0.2) is 44.0 Å². The molecule has 6 heteroatoms. The number of piperazine rings is 1. The fraction of sp³-hybridized carbons (Fsp3) is 0.250. The Balaban J connectivity index is 1.71. The number of benzene rings is 2. The van der Waals surface area contributed by atoms with Crippen molar-refractivity contribution < 1.29 is 4.79 Å². The Labute approximate surface area is 164 Å². The van der Waals surface area contributed by atoms with Crippen molar-refractivity contribution in [1.82, 2.24) is 4.90 Å². The molecule has 0 saturated carbocycles. The van der Waals surface area contributed by atoms with E-state index in [0.717, 1.165) is 37.6 Å². The van der Waals surface area contributed by atoms with Crippen molar-refractivity contribution in [2.75, 3.05) is 43.4 Å². The van der Waals surface area contributed by atoms with Crippen LogP contribution in [0.4, 0.5) is 11.4 Å². The lowest BCUT2D eigenvalue weighted by Gasteiger charge is -2.35. The summed E-state index contributed by atoms with van der Waals surface area (Å²) in [7, 11) is 2.12. The average Bonchev–Trinajstić information content (AvgIpc) is 2.64. The molecule has 3 rings (SSSR count). The second-order valence-corrected chi connectivity index (χ2v) is 7.14. The summed E-state index contributed by atoms with van der Waals surface area (Å²) in [6.07, 6.45) is 3.14. The van der Waals surface area contributed by atoms with Gasteiger partial charge in [-0.15, -0.1) is 0 Å². The standard InChI is InChI=1S/C20H21Cl2N3O/c1-24-10-12-25(13-11-24)19-5-3-2-4-18(19)23-20(26)9-6-15-14-16(21)7-8-17(15)22/h2-9,14H,10-13H2,1H3,(H,23,26)/b9-6+. The number of rotatable bonds is 4. The van der Waals surface area contributed by atoms with E-state index in [0.29, 0.717) is 15.6 Å². The fourth-order valence-corrected chi connectivity index (χ4v) is 3.25. The molecule has 1 aliphatic heterocycles. The smallest absolute Gasteiger partial charge is 0.248 e. The first-order valence-electron chi connectivity index (χ1n) is 8.49. The van der Waals surface area contributed by atoms with Gasteiger partial charge in [-0.05, 0) is 49.0 Å². The highest BCUT2D eigenvalue weighted by atomic mass is 35.5. The molecular weight excluding hydrogens is 369 g/mol. The number of hydrogen-bond donors (Lipinski definition) is 1. The Morgan fingerprint density at radius 2 is 1.81 bits per heavy atom. The zero-order valence-electron chi connectivity index (χ0n) is 14.6. The molecule has 0 spiro atoms. The third-order valence-corrected chi connectivity index (χ3v) is 4.96. The molecule has 4 nitrogen and oxygen atoms in total. The third-order valence-electron chi connectivity index (χ3n) is 4.38. The second-order valence-electron chi connectivity index (χ2n) is 6.30. The van der Waals surface area contributed by atoms with E-state index in [1.807, 2.05) is 24.3 Å². The molecule has 1 fully saturated rings. The van der Waals surface area contributed by atoms with Gasteiger partial charge in [-0.1, -0.05) is 35.3 Å². The summed E-state index contributed by atoms with van der Waals surface area (Å²) in [6.45, 7) is 3.90. The van der Waals surface area contributed by atoms with E-state index in [-0.39, 0.29) is 5.91 Å². The van der Waals surface area contributed by atoms with Gasteiger partial charge in [0.2, 0.25) is 5.91 Å². The van der Waals surface area contributed by atoms with E-state index in [1.165, 1.54) is 6.08 Å². The van der Waals surface area contributed by atoms with Crippen molar-refractivity contribution in [1.29, 1.82) is 0 Å². The van der Waals surface area contributed by atoms with E-state index in [4.69, 9.17) is 23.2 Å². The number of anilines is 2. The largest absolute Gasteiger partial charge is 0.367 e. The summed E-state index contributed by atoms with van der Waals surface area (Å²) in [5.74, 6) is -0.206. The molecule has 0 unspecified atom stereocenters. The molecule has 2 aromatic carbocycles. The summed E-state index contributed by atoms with van der Waals surface area (Å²) in [5.41, 5.74) is 2.56. The quantitative estimate of drug-likeness (QED) is 0.787. The second kappa shape index (κ2) is 8.58. The number of para-hydroxylation sites is 2. The zero-order chi connectivity index (χ0) is 18.5. The van der Waals surface area contributed by atoms with Crippen molar-refractivity contribution >= 4 is 46.6 Å². The molecule has 1 heterocycles. The maximum Gasteiger partial charge on any atom is 0.248 e. The van der Waals surface area contributed by atoms with Gasteiger partial charge in [0, 0.05) is 42.3 Å². The molecule has 26 heavy (non-hydrogen) atoms. The molecule has 0 aromatic heterocycles. The molecule has 0 bridgehead atoms. The lowest BCUT2D eigenvalue weighted by atomic mass is 10.2. The Morgan fingerprint density at radius 1 is 1.08 bits per heavy atom. The van der Waals surface area contributed by atoms with Crippen molar-refractivity contribution in [3.8, 4) is 0 Å². The first-order valence-corrected chi connectivity index (χ1v) is 9.25. The summed E-state index contributed by atoms with van der Waals surface area (Å²) in [5, 5.41) is 4.10. The summed E-state index contributed by atoms with van der Waals surface area (Å²) >= 11 is 12.1. The van der Waals surface area contributed by atoms with Crippen LogP contribution in [0, 0.1) is 0 Å². The predicted molar refractivity (Wildman–Crippen MR) is 110 cm³/mol. The van der Waals surface area contributed by atoms with E-state index in [1.54, 1.807) is 24.3 Å². The van der Waals surface area contributed by atoms with Crippen LogP contribution in [0.5, 0.6) is 0 Å². The number of likely N-dealkylation sites (N-methyl/N-ethyl adjacent to an activating group) is 1. The van der Waals surface area contributed by atoms with E-state index in [2.05, 4.69) is 22.2 Å². The number of nitrogens with one attached hydrogen (secondary N) is 1. The summed E-state index contributed by atoms with van der Waals surface area (Å²) in [4.78, 5) is 17.0. The minimum atomic E-state index is -0.206. The highest BCUT2D eigenvalue weighted by Crippen LogP contribution is 2.27. The zero-order valence-corrected chi connectivity index (χ0v) is 16.1. The monoisotopic (exact) mass is 389 g/mol. The minimum Gasteiger partial charge on any atom is -0.367 e. The number of nitrogens with zero attached hydrogens (tertiary/aromatic N) is 2. The highest BCUT2D eigenvalue weighted by molar-refractivity contribution is 6.34. The van der Waals surface area contributed by atoms with E-state index in [9.17, 15) is 4.79 Å². The van der Waals surface area contributed by atoms with Crippen molar-refractivity contribution in [3.63, 3.8) is 0 Å². The SMILES string of the molecule is CN1CCN(c2ccccc2NC(=O)/C=C/c2cc(Cl)ccc2Cl)CC1. The van der Waals surface area contributed by atoms with Crippen LogP contribution >= 0.6 is 23.2 Å². The summed E-state index contributed by atoms with van der Waals surface area (Å²) < 4.78 is 0. The Morgan fingerprint density at radius 3 is 2.58 bits per heavy atom. The van der Waals surface area contributed by atoms with Crippen LogP contribution in [0.25, 0.3) is 6.08 Å². The molecular formula is C20H21Cl2N3O. The maximum atomic E-state index is 12.4. The topological polar surface area (TPSA) is 35.6 Å². The molecule has 0 aliphatic carbocycles. The number of carbonyl (C=O) groups excluding carboxylic acids is 1. The van der Waals surface area contributed by atoms with Crippen LogP contribution in [-0.2, 0) is 4.79 Å². The van der Waals surface area contributed by atoms with Crippen LogP contribution < -0.4 is 10.2 Å². The van der Waals surface area contributed by atoms with Gasteiger partial charge in [0.15, 0.2) is 0 Å². The number of hydrogen-bond acceptors (Lipinski definition) is 3. The molecule has 1 aliphatic rings. The molecule has 1 amide bonds. The molecule has 1 saturated heterocycles. The number of halogens is 2. The maximum absolute atomic E-state index is 12.4. The Kier molecular flexibility index (Phi) is 6.20. The van der Waals surface area contributed by atoms with Gasteiger partial charge >= 0.3 is 0 Å². The van der Waals surface area contributed by atoms with Gasteiger partial charge in [0.25, 0.3) is 0 Å². The normalized spacial score (nSPS) is 15.4. The minimum absolute atomic E-state index is 0.206. The predicted octanol–water partition coefficient (Wildman–Crippen LogP) is 4.40. The average molecular weight is 390 g/mol. The van der Waals surface area contributed by atoms with Crippen molar-refractivity contribution in [2.24, 2.45) is 0 Å². The van der Waals surface area contributed by atoms with Gasteiger partial charge < -0.3 is 15.1 Å². The number of amides is 1. The van der Waals surface area contributed by atoms with Crippen LogP contribution in [0.1, 0.15) is 5.56 Å². The first kappa shape index (κ1) is 18.8. The van der Waals surface area contributed by atoms with Crippen LogP contribution in [0.2, 0.25) is 10.0 Å². The van der Waals surface area contributed by atoms with Crippen LogP contribution in [0.15, 0.2) is 48.5 Å². The van der Waals surface area contributed by atoms with Crippen LogP contribution in [0.3, 0.4) is 0 Å². The van der Waals surface area contributed by atoms with Gasteiger partial charge in [0.05, 0.1) is 11.4 Å². The third kappa shape index (κ3) is 4.79. The van der Waals surface area contributed by atoms with Crippen molar-refractivity contribution in [2.45, 2.75) is 0 Å². The Hall–Kier alpha value is -2.01. The molecule has 0 atom stereocenters.